The Morgan fingerprint density at radius 2 is 2.07 bits per heavy atom. The van der Waals surface area contributed by atoms with Crippen molar-refractivity contribution in [2.45, 2.75) is 12.6 Å². The third-order valence-electron chi connectivity index (χ3n) is 1.84. The average Bonchev–Trinajstić information content (AvgIpc) is 2.19. The topological polar surface area (TPSA) is 46.5 Å². The van der Waals surface area contributed by atoms with Crippen LogP contribution in [0.2, 0.25) is 0 Å². The van der Waals surface area contributed by atoms with E-state index in [-0.39, 0.29) is 6.42 Å². The van der Waals surface area contributed by atoms with E-state index in [0.717, 1.165) is 0 Å². The van der Waals surface area contributed by atoms with Crippen molar-refractivity contribution in [1.82, 2.24) is 0 Å². The van der Waals surface area contributed by atoms with Crippen LogP contribution in [0.3, 0.4) is 0 Å². The first-order valence-corrected chi connectivity index (χ1v) is 4.13. The van der Waals surface area contributed by atoms with E-state index in [4.69, 9.17) is 9.84 Å². The molecule has 0 amide bonds. The molecule has 0 spiro atoms. The molecular weight excluding hydrogens is 187 g/mol. The first kappa shape index (κ1) is 10.5. The number of hydrogen-bond donors (Lipinski definition) is 1. The molecule has 0 saturated carbocycles. The summed E-state index contributed by atoms with van der Waals surface area (Å²) in [5.74, 6) is -0.764. The van der Waals surface area contributed by atoms with Gasteiger partial charge in [-0.25, -0.2) is 9.18 Å². The third-order valence-corrected chi connectivity index (χ3v) is 1.84. The molecule has 0 aliphatic rings. The quantitative estimate of drug-likeness (QED) is 0.800. The molecule has 3 nitrogen and oxygen atoms in total. The smallest absolute Gasteiger partial charge is 0.338 e. The standard InChI is InChI=1S/C10H11FO3/c1-14-8-4-2-7(3-5-8)6-9(11)10(12)13/h2-5,9H,6H2,1H3,(H,12,13)/t9-/m0/s1. The zero-order valence-electron chi connectivity index (χ0n) is 7.74. The number of rotatable bonds is 4. The van der Waals surface area contributed by atoms with Crippen molar-refractivity contribution in [3.05, 3.63) is 29.8 Å². The van der Waals surface area contributed by atoms with Gasteiger partial charge in [0.1, 0.15) is 5.75 Å². The highest BCUT2D eigenvalue weighted by molar-refractivity contribution is 5.72. The Morgan fingerprint density at radius 1 is 1.50 bits per heavy atom. The fraction of sp³-hybridized carbons (Fsp3) is 0.300. The molecule has 0 heterocycles. The van der Waals surface area contributed by atoms with E-state index >= 15 is 0 Å². The Hall–Kier alpha value is -1.58. The second kappa shape index (κ2) is 4.60. The lowest BCUT2D eigenvalue weighted by Crippen LogP contribution is -2.16. The maximum Gasteiger partial charge on any atom is 0.338 e. The minimum absolute atomic E-state index is 0.112. The molecule has 1 aromatic rings. The number of alkyl halides is 1. The van der Waals surface area contributed by atoms with Gasteiger partial charge in [0, 0.05) is 6.42 Å². The van der Waals surface area contributed by atoms with Crippen LogP contribution in [-0.2, 0) is 11.2 Å². The molecule has 0 aromatic heterocycles. The SMILES string of the molecule is COc1ccc(C[C@H](F)C(=O)O)cc1. The van der Waals surface area contributed by atoms with E-state index in [1.165, 1.54) is 7.11 Å². The van der Waals surface area contributed by atoms with Gasteiger partial charge in [0.2, 0.25) is 6.17 Å². The Kier molecular flexibility index (Phi) is 3.45. The number of hydrogen-bond acceptors (Lipinski definition) is 2. The lowest BCUT2D eigenvalue weighted by molar-refractivity contribution is -0.142. The van der Waals surface area contributed by atoms with Crippen molar-refractivity contribution >= 4 is 5.97 Å². The van der Waals surface area contributed by atoms with Gasteiger partial charge in [0.15, 0.2) is 0 Å². The fourth-order valence-electron chi connectivity index (χ4n) is 1.06. The number of halogens is 1. The van der Waals surface area contributed by atoms with Crippen molar-refractivity contribution in [2.75, 3.05) is 7.11 Å². The average molecular weight is 198 g/mol. The van der Waals surface area contributed by atoms with Gasteiger partial charge >= 0.3 is 5.97 Å². The molecule has 1 rings (SSSR count). The number of methoxy groups -OCH3 is 1. The molecule has 0 bridgehead atoms. The molecule has 0 unspecified atom stereocenters. The van der Waals surface area contributed by atoms with Crippen LogP contribution in [0.1, 0.15) is 5.56 Å². The zero-order valence-corrected chi connectivity index (χ0v) is 7.74. The number of carboxylic acid groups (broad SMARTS) is 1. The van der Waals surface area contributed by atoms with Crippen molar-refractivity contribution in [2.24, 2.45) is 0 Å². The molecule has 1 N–H and O–H groups in total. The second-order valence-corrected chi connectivity index (χ2v) is 2.86. The highest BCUT2D eigenvalue weighted by Gasteiger charge is 2.15. The first-order chi connectivity index (χ1) is 6.63. The Labute approximate surface area is 81.1 Å². The summed E-state index contributed by atoms with van der Waals surface area (Å²) < 4.78 is 17.7. The number of benzene rings is 1. The van der Waals surface area contributed by atoms with Gasteiger partial charge in [0.25, 0.3) is 0 Å². The first-order valence-electron chi connectivity index (χ1n) is 4.13. The molecule has 1 atom stereocenters. The molecule has 14 heavy (non-hydrogen) atoms. The van der Waals surface area contributed by atoms with Crippen LogP contribution < -0.4 is 4.74 Å². The molecule has 0 fully saturated rings. The van der Waals surface area contributed by atoms with Crippen LogP contribution in [0.25, 0.3) is 0 Å². The van der Waals surface area contributed by atoms with Gasteiger partial charge in [-0.15, -0.1) is 0 Å². The summed E-state index contributed by atoms with van der Waals surface area (Å²) in [6.07, 6.45) is -1.96. The minimum atomic E-state index is -1.84. The van der Waals surface area contributed by atoms with Crippen LogP contribution in [0.15, 0.2) is 24.3 Å². The maximum atomic E-state index is 12.8. The lowest BCUT2D eigenvalue weighted by Gasteiger charge is -2.04. The number of aliphatic carboxylic acids is 1. The summed E-state index contributed by atoms with van der Waals surface area (Å²) in [7, 11) is 1.53. The summed E-state index contributed by atoms with van der Waals surface area (Å²) in [5.41, 5.74) is 0.640. The molecule has 1 aromatic carbocycles. The normalized spacial score (nSPS) is 12.1. The van der Waals surface area contributed by atoms with Gasteiger partial charge in [0.05, 0.1) is 7.11 Å². The fourth-order valence-corrected chi connectivity index (χ4v) is 1.06. The van der Waals surface area contributed by atoms with Crippen molar-refractivity contribution in [1.29, 1.82) is 0 Å². The van der Waals surface area contributed by atoms with E-state index in [9.17, 15) is 9.18 Å². The molecule has 0 aliphatic carbocycles. The van der Waals surface area contributed by atoms with Gasteiger partial charge in [-0.05, 0) is 17.7 Å². The Bertz CT molecular complexity index is 308. The van der Waals surface area contributed by atoms with Crippen LogP contribution >= 0.6 is 0 Å². The number of carboxylic acids is 1. The van der Waals surface area contributed by atoms with E-state index in [2.05, 4.69) is 0 Å². The van der Waals surface area contributed by atoms with E-state index in [1.54, 1.807) is 24.3 Å². The zero-order chi connectivity index (χ0) is 10.6. The highest BCUT2D eigenvalue weighted by Crippen LogP contribution is 2.13. The Balaban J connectivity index is 2.64. The summed E-state index contributed by atoms with van der Waals surface area (Å²) >= 11 is 0. The lowest BCUT2D eigenvalue weighted by atomic mass is 10.1. The summed E-state index contributed by atoms with van der Waals surface area (Å²) in [5, 5.41) is 8.34. The van der Waals surface area contributed by atoms with Crippen LogP contribution in [0, 0.1) is 0 Å². The van der Waals surface area contributed by atoms with Crippen molar-refractivity contribution in [3.8, 4) is 5.75 Å². The van der Waals surface area contributed by atoms with Gasteiger partial charge in [-0.3, -0.25) is 0 Å². The summed E-state index contributed by atoms with van der Waals surface area (Å²) in [6.45, 7) is 0. The summed E-state index contributed by atoms with van der Waals surface area (Å²) in [4.78, 5) is 10.2. The minimum Gasteiger partial charge on any atom is -0.497 e. The van der Waals surface area contributed by atoms with Crippen LogP contribution in [0.4, 0.5) is 4.39 Å². The largest absolute Gasteiger partial charge is 0.497 e. The molecule has 0 saturated heterocycles. The molecule has 0 radical (unpaired) electrons. The maximum absolute atomic E-state index is 12.8. The van der Waals surface area contributed by atoms with E-state index < -0.39 is 12.1 Å². The molecule has 0 aliphatic heterocycles. The Morgan fingerprint density at radius 3 is 2.50 bits per heavy atom. The predicted octanol–water partition coefficient (Wildman–Crippen LogP) is 1.66. The molecular formula is C10H11FO3. The highest BCUT2D eigenvalue weighted by atomic mass is 19.1. The summed E-state index contributed by atoms with van der Waals surface area (Å²) in [6, 6.07) is 6.64. The van der Waals surface area contributed by atoms with Crippen molar-refractivity contribution in [3.63, 3.8) is 0 Å². The van der Waals surface area contributed by atoms with Gasteiger partial charge in [-0.1, -0.05) is 12.1 Å². The second-order valence-electron chi connectivity index (χ2n) is 2.86. The predicted molar refractivity (Wildman–Crippen MR) is 49.2 cm³/mol. The van der Waals surface area contributed by atoms with E-state index in [0.29, 0.717) is 11.3 Å². The molecule has 4 heteroatoms. The molecule has 76 valence electrons. The number of ether oxygens (including phenoxy) is 1. The van der Waals surface area contributed by atoms with Crippen LogP contribution in [-0.4, -0.2) is 24.4 Å². The van der Waals surface area contributed by atoms with Gasteiger partial charge < -0.3 is 9.84 Å². The van der Waals surface area contributed by atoms with Crippen molar-refractivity contribution < 1.29 is 19.0 Å². The van der Waals surface area contributed by atoms with Crippen LogP contribution in [0.5, 0.6) is 5.75 Å². The third kappa shape index (κ3) is 2.73. The van der Waals surface area contributed by atoms with Gasteiger partial charge in [-0.2, -0.15) is 0 Å². The number of carbonyl (C=O) groups is 1. The monoisotopic (exact) mass is 198 g/mol. The van der Waals surface area contributed by atoms with E-state index in [1.807, 2.05) is 0 Å².